The van der Waals surface area contributed by atoms with Gasteiger partial charge in [0.15, 0.2) is 0 Å². The van der Waals surface area contributed by atoms with Crippen molar-refractivity contribution >= 4 is 60.9 Å². The van der Waals surface area contributed by atoms with Gasteiger partial charge in [0, 0.05) is 24.5 Å². The number of rotatable bonds is 6. The third kappa shape index (κ3) is 5.94. The van der Waals surface area contributed by atoms with Crippen LogP contribution in [-0.2, 0) is 0 Å². The predicted molar refractivity (Wildman–Crippen MR) is 169 cm³/mol. The van der Waals surface area contributed by atoms with Gasteiger partial charge in [-0.3, -0.25) is 0 Å². The maximum Gasteiger partial charge on any atom is 0.0533 e. The van der Waals surface area contributed by atoms with Gasteiger partial charge in [0.05, 0.1) is 5.25 Å². The monoisotopic (exact) mass is 548 g/mol. The number of hydrogen-bond donors (Lipinski definition) is 0. The zero-order chi connectivity index (χ0) is 24.9. The number of hydrogen-bond acceptors (Lipinski definition) is 4. The van der Waals surface area contributed by atoms with Crippen LogP contribution >= 0.6 is 46.2 Å². The van der Waals surface area contributed by atoms with Crippen molar-refractivity contribution in [2.75, 3.05) is 0 Å². The van der Waals surface area contributed by atoms with E-state index in [1.807, 2.05) is 23.5 Å². The summed E-state index contributed by atoms with van der Waals surface area (Å²) in [7, 11) is 0. The Kier molecular flexibility index (Phi) is 7.61. The zero-order valence-electron chi connectivity index (χ0n) is 20.0. The smallest absolute Gasteiger partial charge is 0.0533 e. The van der Waals surface area contributed by atoms with Crippen molar-refractivity contribution in [3.05, 3.63) is 170 Å². The second-order valence-electron chi connectivity index (χ2n) is 8.59. The Morgan fingerprint density at radius 2 is 1.27 bits per heavy atom. The Balaban J connectivity index is 1.33. The fourth-order valence-electron chi connectivity index (χ4n) is 4.21. The molecule has 0 fully saturated rings. The van der Waals surface area contributed by atoms with Gasteiger partial charge in [-0.05, 0) is 63.4 Å². The molecule has 6 rings (SSSR count). The minimum absolute atomic E-state index is 0.287. The van der Waals surface area contributed by atoms with Crippen LogP contribution in [0.3, 0.4) is 0 Å². The van der Waals surface area contributed by atoms with E-state index in [-0.39, 0.29) is 5.25 Å². The lowest BCUT2D eigenvalue weighted by Gasteiger charge is -2.21. The van der Waals surface area contributed by atoms with Gasteiger partial charge in [0.1, 0.15) is 0 Å². The third-order valence-electron chi connectivity index (χ3n) is 6.00. The lowest BCUT2D eigenvalue weighted by molar-refractivity contribution is 1.22. The van der Waals surface area contributed by atoms with Crippen LogP contribution in [0.25, 0.3) is 14.7 Å². The average molecular weight is 549 g/mol. The first-order chi connectivity index (χ1) is 18.3. The van der Waals surface area contributed by atoms with E-state index in [9.17, 15) is 0 Å². The van der Waals surface area contributed by atoms with Crippen molar-refractivity contribution in [2.24, 2.45) is 0 Å². The highest BCUT2D eigenvalue weighted by atomic mass is 32.2. The lowest BCUT2D eigenvalue weighted by atomic mass is 10.1. The van der Waals surface area contributed by atoms with Crippen LogP contribution in [0.2, 0.25) is 0 Å². The van der Waals surface area contributed by atoms with Crippen molar-refractivity contribution in [1.29, 1.82) is 0 Å². The summed E-state index contributed by atoms with van der Waals surface area (Å²) in [5, 5.41) is 4.59. The van der Waals surface area contributed by atoms with Crippen LogP contribution < -0.4 is 0 Å². The molecule has 0 amide bonds. The van der Waals surface area contributed by atoms with E-state index in [1.165, 1.54) is 46.7 Å². The quantitative estimate of drug-likeness (QED) is 0.235. The summed E-state index contributed by atoms with van der Waals surface area (Å²) in [6.07, 6.45) is 16.0. The first-order valence-electron chi connectivity index (χ1n) is 12.1. The van der Waals surface area contributed by atoms with E-state index in [1.54, 1.807) is 22.7 Å². The third-order valence-corrected chi connectivity index (χ3v) is 10.5. The summed E-state index contributed by atoms with van der Waals surface area (Å²) >= 11 is 7.37. The molecular formula is C33H24S4. The number of allylic oxidation sites excluding steroid dienone is 8. The molecule has 2 aliphatic heterocycles. The maximum atomic E-state index is 2.37. The van der Waals surface area contributed by atoms with Crippen molar-refractivity contribution in [3.63, 3.8) is 0 Å². The SMILES string of the molecule is C(=CC1=CC(c2ccccc2)SC(c2ccccc2)=C1)C=C1C=C(c2cccs2)SC(c2cccs2)=C1. The van der Waals surface area contributed by atoms with Gasteiger partial charge in [0.2, 0.25) is 0 Å². The van der Waals surface area contributed by atoms with Gasteiger partial charge in [0.25, 0.3) is 0 Å². The fourth-order valence-corrected chi connectivity index (χ4v) is 8.26. The second kappa shape index (κ2) is 11.6. The van der Waals surface area contributed by atoms with Gasteiger partial charge in [-0.1, -0.05) is 109 Å². The summed E-state index contributed by atoms with van der Waals surface area (Å²) in [6.45, 7) is 0. The molecule has 1 unspecified atom stereocenters. The van der Waals surface area contributed by atoms with Crippen LogP contribution in [0.15, 0.2) is 149 Å². The van der Waals surface area contributed by atoms with Crippen LogP contribution in [0, 0.1) is 0 Å². The largest absolute Gasteiger partial charge is 0.143 e. The number of thiophene rings is 2. The minimum atomic E-state index is 0.287. The van der Waals surface area contributed by atoms with Crippen molar-refractivity contribution in [3.8, 4) is 0 Å². The highest BCUT2D eigenvalue weighted by Gasteiger charge is 2.18. The van der Waals surface area contributed by atoms with Gasteiger partial charge in [-0.25, -0.2) is 0 Å². The molecule has 0 saturated carbocycles. The van der Waals surface area contributed by atoms with E-state index in [4.69, 9.17) is 0 Å². The molecule has 0 saturated heterocycles. The first-order valence-corrected chi connectivity index (χ1v) is 15.6. The van der Waals surface area contributed by atoms with Crippen molar-refractivity contribution in [1.82, 2.24) is 0 Å². The molecular weight excluding hydrogens is 525 g/mol. The van der Waals surface area contributed by atoms with Crippen molar-refractivity contribution < 1.29 is 0 Å². The molecule has 1 atom stereocenters. The Labute approximate surface area is 235 Å². The molecule has 4 aromatic rings. The molecule has 2 aliphatic rings. The molecule has 0 aliphatic carbocycles. The number of thioether (sulfide) groups is 2. The molecule has 4 heterocycles. The molecule has 0 radical (unpaired) electrons. The lowest BCUT2D eigenvalue weighted by Crippen LogP contribution is -1.97. The topological polar surface area (TPSA) is 0 Å². The van der Waals surface area contributed by atoms with E-state index >= 15 is 0 Å². The van der Waals surface area contributed by atoms with Crippen LogP contribution in [0.4, 0.5) is 0 Å². The number of benzene rings is 2. The highest BCUT2D eigenvalue weighted by Crippen LogP contribution is 2.47. The summed E-state index contributed by atoms with van der Waals surface area (Å²) in [4.78, 5) is 6.55. The van der Waals surface area contributed by atoms with E-state index < -0.39 is 0 Å². The maximum absolute atomic E-state index is 2.37. The zero-order valence-corrected chi connectivity index (χ0v) is 23.3. The molecule has 0 N–H and O–H groups in total. The summed E-state index contributed by atoms with van der Waals surface area (Å²) in [6, 6.07) is 30.1. The molecule has 0 bridgehead atoms. The molecule has 4 heteroatoms. The normalized spacial score (nSPS) is 17.7. The Hall–Kier alpha value is -3.02. The standard InChI is InChI=1S/C33H24S4/c1-3-12-26(13-4-1)30-20-24(21-31(36-30)27-14-5-2-6-15-27)10-7-11-25-22-32(28-16-8-18-34-28)37-33(23-25)29-17-9-19-35-29/h1-23,30H. The average Bonchev–Trinajstić information content (AvgIpc) is 3.69. The fraction of sp³-hybridized carbons (Fsp3) is 0.0303. The Bertz CT molecular complexity index is 1480. The van der Waals surface area contributed by atoms with E-state index in [0.717, 1.165) is 0 Å². The van der Waals surface area contributed by atoms with Gasteiger partial charge < -0.3 is 0 Å². The highest BCUT2D eigenvalue weighted by molar-refractivity contribution is 8.17. The van der Waals surface area contributed by atoms with E-state index in [2.05, 4.69) is 138 Å². The summed E-state index contributed by atoms with van der Waals surface area (Å²) < 4.78 is 0. The van der Waals surface area contributed by atoms with Gasteiger partial charge >= 0.3 is 0 Å². The Morgan fingerprint density at radius 1 is 0.622 bits per heavy atom. The van der Waals surface area contributed by atoms with E-state index in [0.29, 0.717) is 0 Å². The van der Waals surface area contributed by atoms with Crippen LogP contribution in [0.1, 0.15) is 26.1 Å². The van der Waals surface area contributed by atoms with Crippen molar-refractivity contribution in [2.45, 2.75) is 5.25 Å². The van der Waals surface area contributed by atoms with Gasteiger partial charge in [-0.15, -0.1) is 34.4 Å². The molecule has 2 aromatic heterocycles. The Morgan fingerprint density at radius 3 is 1.89 bits per heavy atom. The minimum Gasteiger partial charge on any atom is -0.143 e. The molecule has 180 valence electrons. The summed E-state index contributed by atoms with van der Waals surface area (Å²) in [5.41, 5.74) is 5.05. The van der Waals surface area contributed by atoms with Crippen LogP contribution in [-0.4, -0.2) is 0 Å². The predicted octanol–water partition coefficient (Wildman–Crippen LogP) is 10.9. The molecule has 0 nitrogen and oxygen atoms in total. The molecule has 0 spiro atoms. The second-order valence-corrected chi connectivity index (χ2v) is 12.8. The molecule has 2 aromatic carbocycles. The van der Waals surface area contributed by atoms with Gasteiger partial charge in [-0.2, -0.15) is 0 Å². The van der Waals surface area contributed by atoms with Crippen LogP contribution in [0.5, 0.6) is 0 Å². The first kappa shape index (κ1) is 24.3. The molecule has 37 heavy (non-hydrogen) atoms. The summed E-state index contributed by atoms with van der Waals surface area (Å²) in [5.74, 6) is 0.